The first-order valence-electron chi connectivity index (χ1n) is 6.13. The van der Waals surface area contributed by atoms with Crippen molar-refractivity contribution in [1.82, 2.24) is 0 Å². The molecule has 1 aromatic rings. The van der Waals surface area contributed by atoms with E-state index >= 15 is 0 Å². The lowest BCUT2D eigenvalue weighted by molar-refractivity contribution is -0.140. The lowest BCUT2D eigenvalue weighted by atomic mass is 10.0. The van der Waals surface area contributed by atoms with E-state index in [1.54, 1.807) is 0 Å². The fourth-order valence-corrected chi connectivity index (χ4v) is 1.97. The monoisotopic (exact) mass is 233 g/mol. The Labute approximate surface area is 102 Å². The fourth-order valence-electron chi connectivity index (χ4n) is 1.97. The minimum absolute atomic E-state index is 0.0812. The molecule has 1 atom stereocenters. The molecule has 1 aliphatic rings. The molecule has 92 valence electrons. The van der Waals surface area contributed by atoms with Crippen molar-refractivity contribution in [3.8, 4) is 0 Å². The van der Waals surface area contributed by atoms with Crippen molar-refractivity contribution in [2.45, 2.75) is 37.6 Å². The van der Waals surface area contributed by atoms with Crippen LogP contribution in [-0.2, 0) is 9.53 Å². The van der Waals surface area contributed by atoms with Crippen LogP contribution in [-0.4, -0.2) is 13.1 Å². The zero-order chi connectivity index (χ0) is 12.3. The van der Waals surface area contributed by atoms with E-state index < -0.39 is 0 Å². The summed E-state index contributed by atoms with van der Waals surface area (Å²) in [6.45, 7) is 0. The van der Waals surface area contributed by atoms with Crippen molar-refractivity contribution in [1.29, 1.82) is 0 Å². The average molecular weight is 233 g/mol. The lowest BCUT2D eigenvalue weighted by Crippen LogP contribution is -2.13. The van der Waals surface area contributed by atoms with Crippen LogP contribution in [0.25, 0.3) is 0 Å². The van der Waals surface area contributed by atoms with Gasteiger partial charge in [-0.1, -0.05) is 24.3 Å². The maximum absolute atomic E-state index is 11.0. The molecule has 1 saturated carbocycles. The van der Waals surface area contributed by atoms with Gasteiger partial charge in [-0.3, -0.25) is 4.79 Å². The molecule has 0 spiro atoms. The maximum Gasteiger partial charge on any atom is 0.305 e. The minimum Gasteiger partial charge on any atom is -0.469 e. The third-order valence-corrected chi connectivity index (χ3v) is 3.30. The van der Waals surface area contributed by atoms with E-state index in [1.165, 1.54) is 25.5 Å². The Balaban J connectivity index is 1.89. The van der Waals surface area contributed by atoms with E-state index in [4.69, 9.17) is 5.73 Å². The molecular formula is C14H19NO2. The van der Waals surface area contributed by atoms with Crippen molar-refractivity contribution in [2.24, 2.45) is 5.73 Å². The summed E-state index contributed by atoms with van der Waals surface area (Å²) in [7, 11) is 1.40. The van der Waals surface area contributed by atoms with Gasteiger partial charge in [0.2, 0.25) is 0 Å². The highest BCUT2D eigenvalue weighted by Crippen LogP contribution is 2.40. The smallest absolute Gasteiger partial charge is 0.305 e. The van der Waals surface area contributed by atoms with Gasteiger partial charge in [-0.2, -0.15) is 0 Å². The highest BCUT2D eigenvalue weighted by molar-refractivity contribution is 5.69. The highest BCUT2D eigenvalue weighted by Gasteiger charge is 2.23. The first-order chi connectivity index (χ1) is 8.20. The Bertz CT molecular complexity index is 382. The second kappa shape index (κ2) is 5.32. The van der Waals surface area contributed by atoms with Gasteiger partial charge in [0.1, 0.15) is 0 Å². The zero-order valence-electron chi connectivity index (χ0n) is 10.2. The molecule has 0 saturated heterocycles. The molecular weight excluding hydrogens is 214 g/mol. The number of methoxy groups -OCH3 is 1. The van der Waals surface area contributed by atoms with E-state index in [1.807, 2.05) is 0 Å². The second-order valence-electron chi connectivity index (χ2n) is 4.66. The van der Waals surface area contributed by atoms with Gasteiger partial charge in [-0.25, -0.2) is 0 Å². The van der Waals surface area contributed by atoms with Crippen LogP contribution in [0.5, 0.6) is 0 Å². The maximum atomic E-state index is 11.0. The van der Waals surface area contributed by atoms with Crippen LogP contribution in [0.3, 0.4) is 0 Å². The van der Waals surface area contributed by atoms with Crippen molar-refractivity contribution >= 4 is 5.97 Å². The number of benzene rings is 1. The minimum atomic E-state index is -0.199. The van der Waals surface area contributed by atoms with Gasteiger partial charge in [0.15, 0.2) is 0 Å². The van der Waals surface area contributed by atoms with Crippen LogP contribution >= 0.6 is 0 Å². The molecule has 0 aromatic heterocycles. The molecule has 0 amide bonds. The largest absolute Gasteiger partial charge is 0.469 e. The standard InChI is InChI=1S/C14H19NO2/c1-17-14(16)9-8-13(15)12-6-4-11(5-7-12)10-2-3-10/h4-7,10,13H,2-3,8-9,15H2,1H3. The molecule has 17 heavy (non-hydrogen) atoms. The summed E-state index contributed by atoms with van der Waals surface area (Å²) in [4.78, 5) is 11.0. The third kappa shape index (κ3) is 3.30. The molecule has 1 fully saturated rings. The van der Waals surface area contributed by atoms with Crippen molar-refractivity contribution in [3.05, 3.63) is 35.4 Å². The Morgan fingerprint density at radius 2 is 2.06 bits per heavy atom. The SMILES string of the molecule is COC(=O)CCC(N)c1ccc(C2CC2)cc1. The van der Waals surface area contributed by atoms with Gasteiger partial charge in [0.05, 0.1) is 7.11 Å². The number of carbonyl (C=O) groups is 1. The van der Waals surface area contributed by atoms with Crippen LogP contribution < -0.4 is 5.73 Å². The Hall–Kier alpha value is -1.35. The quantitative estimate of drug-likeness (QED) is 0.795. The first-order valence-corrected chi connectivity index (χ1v) is 6.13. The van der Waals surface area contributed by atoms with Gasteiger partial charge in [0, 0.05) is 12.5 Å². The first kappa shape index (κ1) is 12.1. The molecule has 1 aromatic carbocycles. The van der Waals surface area contributed by atoms with E-state index in [9.17, 15) is 4.79 Å². The highest BCUT2D eigenvalue weighted by atomic mass is 16.5. The zero-order valence-corrected chi connectivity index (χ0v) is 10.2. The summed E-state index contributed by atoms with van der Waals surface area (Å²) in [6.07, 6.45) is 3.64. The van der Waals surface area contributed by atoms with Gasteiger partial charge < -0.3 is 10.5 Å². The lowest BCUT2D eigenvalue weighted by Gasteiger charge is -2.11. The average Bonchev–Trinajstić information content (AvgIpc) is 3.20. The molecule has 1 unspecified atom stereocenters. The van der Waals surface area contributed by atoms with Crippen molar-refractivity contribution in [3.63, 3.8) is 0 Å². The van der Waals surface area contributed by atoms with Gasteiger partial charge in [-0.05, 0) is 36.3 Å². The van der Waals surface area contributed by atoms with Gasteiger partial charge in [-0.15, -0.1) is 0 Å². The number of hydrogen-bond donors (Lipinski definition) is 1. The molecule has 0 bridgehead atoms. The molecule has 3 nitrogen and oxygen atoms in total. The van der Waals surface area contributed by atoms with Gasteiger partial charge in [0.25, 0.3) is 0 Å². The predicted octanol–water partition coefficient (Wildman–Crippen LogP) is 2.52. The van der Waals surface area contributed by atoms with Crippen LogP contribution in [0.4, 0.5) is 0 Å². The number of carbonyl (C=O) groups excluding carboxylic acids is 1. The number of ether oxygens (including phenoxy) is 1. The number of hydrogen-bond acceptors (Lipinski definition) is 3. The van der Waals surface area contributed by atoms with Gasteiger partial charge >= 0.3 is 5.97 Å². The Morgan fingerprint density at radius 3 is 2.59 bits per heavy atom. The van der Waals surface area contributed by atoms with Crippen LogP contribution in [0.15, 0.2) is 24.3 Å². The van der Waals surface area contributed by atoms with Crippen molar-refractivity contribution in [2.75, 3.05) is 7.11 Å². The molecule has 0 heterocycles. The van der Waals surface area contributed by atoms with E-state index in [0.29, 0.717) is 12.8 Å². The van der Waals surface area contributed by atoms with Crippen LogP contribution in [0.1, 0.15) is 48.8 Å². The van der Waals surface area contributed by atoms with Crippen LogP contribution in [0, 0.1) is 0 Å². The second-order valence-corrected chi connectivity index (χ2v) is 4.66. The summed E-state index contributed by atoms with van der Waals surface area (Å²) in [5, 5.41) is 0. The molecule has 2 rings (SSSR count). The predicted molar refractivity (Wildman–Crippen MR) is 66.6 cm³/mol. The summed E-state index contributed by atoms with van der Waals surface area (Å²) in [5.74, 6) is 0.574. The fraction of sp³-hybridized carbons (Fsp3) is 0.500. The van der Waals surface area contributed by atoms with E-state index in [2.05, 4.69) is 29.0 Å². The topological polar surface area (TPSA) is 52.3 Å². The molecule has 2 N–H and O–H groups in total. The van der Waals surface area contributed by atoms with Crippen LogP contribution in [0.2, 0.25) is 0 Å². The summed E-state index contributed by atoms with van der Waals surface area (Å²) in [5.41, 5.74) is 8.54. The Kier molecular flexibility index (Phi) is 3.79. The number of nitrogens with two attached hydrogens (primary N) is 1. The third-order valence-electron chi connectivity index (χ3n) is 3.30. The van der Waals surface area contributed by atoms with Crippen molar-refractivity contribution < 1.29 is 9.53 Å². The number of esters is 1. The van der Waals surface area contributed by atoms with E-state index in [0.717, 1.165) is 11.5 Å². The van der Waals surface area contributed by atoms with E-state index in [-0.39, 0.29) is 12.0 Å². The molecule has 3 heteroatoms. The summed E-state index contributed by atoms with van der Waals surface area (Å²) < 4.78 is 4.60. The molecule has 0 aliphatic heterocycles. The summed E-state index contributed by atoms with van der Waals surface area (Å²) >= 11 is 0. The Morgan fingerprint density at radius 1 is 1.41 bits per heavy atom. The summed E-state index contributed by atoms with van der Waals surface area (Å²) in [6, 6.07) is 8.39. The number of rotatable bonds is 5. The molecule has 0 radical (unpaired) electrons. The molecule has 1 aliphatic carbocycles. The normalized spacial score (nSPS) is 16.6.